The summed E-state index contributed by atoms with van der Waals surface area (Å²) in [6.07, 6.45) is 2.11. The van der Waals surface area contributed by atoms with Crippen LogP contribution in [0.4, 0.5) is 0 Å². The van der Waals surface area contributed by atoms with Gasteiger partial charge in [0.25, 0.3) is 11.5 Å². The molecule has 7 heteroatoms. The average Bonchev–Trinajstić information content (AvgIpc) is 2.89. The quantitative estimate of drug-likeness (QED) is 0.877. The second-order valence-corrected chi connectivity index (χ2v) is 6.41. The number of nitrogens with zero attached hydrogens (tertiary/aromatic N) is 3. The summed E-state index contributed by atoms with van der Waals surface area (Å²) in [7, 11) is 0. The number of amides is 1. The zero-order valence-electron chi connectivity index (χ0n) is 14.0. The van der Waals surface area contributed by atoms with Gasteiger partial charge < -0.3 is 10.0 Å². The topological polar surface area (TPSA) is 75.4 Å². The molecule has 1 N–H and O–H groups in total. The molecule has 0 aromatic carbocycles. The Balaban J connectivity index is 2.61. The van der Waals surface area contributed by atoms with Gasteiger partial charge in [0.05, 0.1) is 29.2 Å². The van der Waals surface area contributed by atoms with E-state index >= 15 is 0 Å². The van der Waals surface area contributed by atoms with Crippen molar-refractivity contribution in [3.8, 4) is 0 Å². The molecule has 126 valence electrons. The number of carbonyl (C=O) groups is 1. The minimum Gasteiger partial charge on any atom is -0.394 e. The summed E-state index contributed by atoms with van der Waals surface area (Å²) in [6, 6.07) is -0.291. The average molecular weight is 337 g/mol. The van der Waals surface area contributed by atoms with Gasteiger partial charge in [-0.15, -0.1) is 11.3 Å². The number of hydrogen-bond donors (Lipinski definition) is 1. The summed E-state index contributed by atoms with van der Waals surface area (Å²) in [5, 5.41) is 9.92. The number of aliphatic hydroxyl groups is 1. The molecular formula is C16H23N3O3S. The molecular weight excluding hydrogens is 314 g/mol. The number of carbonyl (C=O) groups excluding carboxylic acids is 1. The van der Waals surface area contributed by atoms with Crippen LogP contribution in [0.1, 0.15) is 48.5 Å². The summed E-state index contributed by atoms with van der Waals surface area (Å²) in [4.78, 5) is 32.6. The first-order valence-corrected chi connectivity index (χ1v) is 8.71. The van der Waals surface area contributed by atoms with E-state index in [2.05, 4.69) is 4.98 Å². The molecule has 2 aromatic rings. The van der Waals surface area contributed by atoms with Crippen LogP contribution in [0.2, 0.25) is 0 Å². The molecule has 2 rings (SSSR count). The van der Waals surface area contributed by atoms with Gasteiger partial charge in [-0.1, -0.05) is 6.92 Å². The fourth-order valence-corrected chi connectivity index (χ4v) is 3.78. The van der Waals surface area contributed by atoms with E-state index in [1.807, 2.05) is 20.8 Å². The molecule has 0 saturated heterocycles. The molecule has 1 amide bonds. The van der Waals surface area contributed by atoms with Crippen molar-refractivity contribution in [2.75, 3.05) is 19.7 Å². The monoisotopic (exact) mass is 337 g/mol. The van der Waals surface area contributed by atoms with Gasteiger partial charge >= 0.3 is 0 Å². The Kier molecular flexibility index (Phi) is 5.54. The third-order valence-electron chi connectivity index (χ3n) is 4.20. The minimum atomic E-state index is -0.291. The number of aryl methyl sites for hydroxylation is 1. The fourth-order valence-electron chi connectivity index (χ4n) is 2.67. The molecule has 0 fully saturated rings. The van der Waals surface area contributed by atoms with Gasteiger partial charge in [-0.05, 0) is 32.8 Å². The van der Waals surface area contributed by atoms with Gasteiger partial charge in [0.2, 0.25) is 0 Å². The highest BCUT2D eigenvalue weighted by atomic mass is 32.1. The summed E-state index contributed by atoms with van der Waals surface area (Å²) in [5.74, 6) is -0.0596. The third kappa shape index (κ3) is 3.03. The number of fused-ring (bicyclic) bond motifs is 1. The van der Waals surface area contributed by atoms with Crippen LogP contribution < -0.4 is 5.56 Å². The minimum absolute atomic E-state index is 0.0596. The van der Waals surface area contributed by atoms with E-state index in [9.17, 15) is 14.7 Å². The first kappa shape index (κ1) is 17.6. The zero-order valence-corrected chi connectivity index (χ0v) is 14.8. The molecule has 23 heavy (non-hydrogen) atoms. The van der Waals surface area contributed by atoms with E-state index in [4.69, 9.17) is 0 Å². The Morgan fingerprint density at radius 1 is 1.39 bits per heavy atom. The van der Waals surface area contributed by atoms with E-state index in [0.717, 1.165) is 0 Å². The lowest BCUT2D eigenvalue weighted by Gasteiger charge is -2.17. The lowest BCUT2D eigenvalue weighted by atomic mass is 10.2. The van der Waals surface area contributed by atoms with Crippen LogP contribution >= 0.6 is 11.3 Å². The van der Waals surface area contributed by atoms with Crippen molar-refractivity contribution in [2.24, 2.45) is 0 Å². The Labute approximate surface area is 139 Å². The van der Waals surface area contributed by atoms with Gasteiger partial charge in [0.15, 0.2) is 0 Å². The summed E-state index contributed by atoms with van der Waals surface area (Å²) < 4.78 is 1.47. The second kappa shape index (κ2) is 7.23. The second-order valence-electron chi connectivity index (χ2n) is 5.42. The largest absolute Gasteiger partial charge is 0.394 e. The van der Waals surface area contributed by atoms with Crippen LogP contribution in [-0.2, 0) is 0 Å². The van der Waals surface area contributed by atoms with Gasteiger partial charge in [-0.25, -0.2) is 4.98 Å². The first-order chi connectivity index (χ1) is 11.0. The number of thiophene rings is 1. The molecule has 0 unspecified atom stereocenters. The molecule has 0 radical (unpaired) electrons. The number of aliphatic hydroxyl groups excluding tert-OH is 1. The Morgan fingerprint density at radius 2 is 2.04 bits per heavy atom. The molecule has 0 spiro atoms. The molecule has 0 bridgehead atoms. The predicted molar refractivity (Wildman–Crippen MR) is 92.3 cm³/mol. The summed E-state index contributed by atoms with van der Waals surface area (Å²) >= 11 is 1.26. The maximum Gasteiger partial charge on any atom is 0.264 e. The van der Waals surface area contributed by atoms with E-state index < -0.39 is 0 Å². The smallest absolute Gasteiger partial charge is 0.264 e. The maximum atomic E-state index is 12.7. The zero-order chi connectivity index (χ0) is 17.1. The van der Waals surface area contributed by atoms with Crippen LogP contribution in [-0.4, -0.2) is 45.2 Å². The standard InChI is InChI=1S/C16H23N3O3S/c1-5-11(8-20)19-9-17-14-12(15(19)21)10(4)13(23-14)16(22)18(6-2)7-3/h9,11,20H,5-8H2,1-4H3/t11-/m0/s1. The molecule has 0 saturated carbocycles. The number of rotatable bonds is 6. The van der Waals surface area contributed by atoms with Gasteiger partial charge in [0.1, 0.15) is 4.83 Å². The number of aromatic nitrogens is 2. The van der Waals surface area contributed by atoms with Crippen LogP contribution in [0.15, 0.2) is 11.1 Å². The number of hydrogen-bond acceptors (Lipinski definition) is 5. The van der Waals surface area contributed by atoms with Gasteiger partial charge in [0, 0.05) is 13.1 Å². The Hall–Kier alpha value is -1.73. The highest BCUT2D eigenvalue weighted by Gasteiger charge is 2.23. The van der Waals surface area contributed by atoms with E-state index in [1.165, 1.54) is 22.2 Å². The molecule has 1 atom stereocenters. The third-order valence-corrected chi connectivity index (χ3v) is 5.38. The highest BCUT2D eigenvalue weighted by molar-refractivity contribution is 7.20. The Morgan fingerprint density at radius 3 is 2.57 bits per heavy atom. The van der Waals surface area contributed by atoms with Crippen LogP contribution in [0.5, 0.6) is 0 Å². The van der Waals surface area contributed by atoms with Crippen LogP contribution in [0.25, 0.3) is 10.2 Å². The van der Waals surface area contributed by atoms with Crippen molar-refractivity contribution >= 4 is 27.5 Å². The van der Waals surface area contributed by atoms with E-state index in [-0.39, 0.29) is 24.1 Å². The van der Waals surface area contributed by atoms with Crippen molar-refractivity contribution in [3.05, 3.63) is 27.1 Å². The molecule has 0 aliphatic carbocycles. The van der Waals surface area contributed by atoms with Crippen molar-refractivity contribution < 1.29 is 9.90 Å². The van der Waals surface area contributed by atoms with E-state index in [0.29, 0.717) is 40.2 Å². The van der Waals surface area contributed by atoms with Crippen LogP contribution in [0, 0.1) is 6.92 Å². The fraction of sp³-hybridized carbons (Fsp3) is 0.562. The molecule has 2 heterocycles. The van der Waals surface area contributed by atoms with Gasteiger partial charge in [-0.3, -0.25) is 14.2 Å². The van der Waals surface area contributed by atoms with E-state index in [1.54, 1.807) is 11.8 Å². The first-order valence-electron chi connectivity index (χ1n) is 7.90. The van der Waals surface area contributed by atoms with Crippen molar-refractivity contribution in [1.82, 2.24) is 14.5 Å². The maximum absolute atomic E-state index is 12.7. The lowest BCUT2D eigenvalue weighted by Crippen LogP contribution is -2.30. The van der Waals surface area contributed by atoms with Crippen molar-refractivity contribution in [1.29, 1.82) is 0 Å². The van der Waals surface area contributed by atoms with Crippen LogP contribution in [0.3, 0.4) is 0 Å². The van der Waals surface area contributed by atoms with Gasteiger partial charge in [-0.2, -0.15) is 0 Å². The summed E-state index contributed by atoms with van der Waals surface area (Å²) in [5.41, 5.74) is 0.491. The SMILES string of the molecule is CC[C@@H](CO)n1cnc2sc(C(=O)N(CC)CC)c(C)c2c1=O. The molecule has 0 aliphatic heterocycles. The summed E-state index contributed by atoms with van der Waals surface area (Å²) in [6.45, 7) is 8.71. The Bertz CT molecular complexity index is 758. The molecule has 6 nitrogen and oxygen atoms in total. The normalized spacial score (nSPS) is 12.6. The highest BCUT2D eigenvalue weighted by Crippen LogP contribution is 2.28. The van der Waals surface area contributed by atoms with Crippen molar-refractivity contribution in [3.63, 3.8) is 0 Å². The van der Waals surface area contributed by atoms with Crippen molar-refractivity contribution in [2.45, 2.75) is 40.2 Å². The molecule has 0 aliphatic rings. The predicted octanol–water partition coefficient (Wildman–Crippen LogP) is 2.19. The molecule has 2 aromatic heterocycles. The lowest BCUT2D eigenvalue weighted by molar-refractivity contribution is 0.0777.